The van der Waals surface area contributed by atoms with Crippen LogP contribution < -0.4 is 5.32 Å². The summed E-state index contributed by atoms with van der Waals surface area (Å²) in [5.41, 5.74) is 6.84. The molecule has 4 N–H and O–H groups in total. The summed E-state index contributed by atoms with van der Waals surface area (Å²) in [6, 6.07) is 32.5. The highest BCUT2D eigenvalue weighted by Gasteiger charge is 2.22. The van der Waals surface area contributed by atoms with E-state index in [1.54, 1.807) is 79.5 Å². The third kappa shape index (κ3) is 8.73. The fourth-order valence-corrected chi connectivity index (χ4v) is 8.28. The lowest BCUT2D eigenvalue weighted by Crippen LogP contribution is -2.43. The number of hydrogen-bond acceptors (Lipinski definition) is 11. The van der Waals surface area contributed by atoms with Crippen molar-refractivity contribution < 1.29 is 24.3 Å². The number of aromatic amines is 2. The fourth-order valence-electron chi connectivity index (χ4n) is 8.28. The predicted molar refractivity (Wildman–Crippen MR) is 254 cm³/mol. The van der Waals surface area contributed by atoms with Crippen LogP contribution in [0.1, 0.15) is 65.9 Å². The zero-order chi connectivity index (χ0) is 46.0. The Bertz CT molecular complexity index is 3550. The van der Waals surface area contributed by atoms with Gasteiger partial charge in [-0.15, -0.1) is 0 Å². The summed E-state index contributed by atoms with van der Waals surface area (Å²) in [5.74, 6) is -1.34. The minimum Gasteiger partial charge on any atom is -0.478 e. The fraction of sp³-hybridized carbons (Fsp3) is 0.115. The van der Waals surface area contributed by atoms with Crippen molar-refractivity contribution in [3.63, 3.8) is 0 Å². The first-order valence-electron chi connectivity index (χ1n) is 21.5. The van der Waals surface area contributed by atoms with E-state index in [-0.39, 0.29) is 40.7 Å². The van der Waals surface area contributed by atoms with Crippen LogP contribution >= 0.6 is 0 Å². The number of benzene rings is 4. The minimum atomic E-state index is -1.04. The highest BCUT2D eigenvalue weighted by atomic mass is 16.4. The molecule has 7 heterocycles. The van der Waals surface area contributed by atoms with Crippen molar-refractivity contribution in [2.45, 2.75) is 18.9 Å². The number of imidazole rings is 2. The standard InChI is InChI=1S/C29H26N6O2.C23H14N4O3/c1-35-12-9-21(10-13-35)32-29(37)19-6-7-24-26(15-19)34-28(33-24)27(36)18-8-11-31-25(14-18)23-17-30-16-20-4-2-3-5-22(20)23;28-21(22-26-18-6-5-14(23(29)30)10-20(18)27-22)13-7-8-25-19(9-13)17-12-24-11-15-3-1-2-4-16(15)17/h2-8,11,14-17,21H,9-10,12-13H2,1H3,(H,32,37)(H,33,34);1-12H,(H,26,27)(H,29,30). The number of carbonyl (C=O) groups is 4. The molecule has 15 heteroatoms. The van der Waals surface area contributed by atoms with E-state index in [0.29, 0.717) is 50.1 Å². The van der Waals surface area contributed by atoms with Gasteiger partial charge in [-0.25, -0.2) is 14.8 Å². The Hall–Kier alpha value is -8.82. The lowest BCUT2D eigenvalue weighted by Gasteiger charge is -2.29. The van der Waals surface area contributed by atoms with Crippen LogP contribution in [0.5, 0.6) is 0 Å². The van der Waals surface area contributed by atoms with Crippen LogP contribution in [0, 0.1) is 0 Å². The van der Waals surface area contributed by atoms with Crippen molar-refractivity contribution in [2.24, 2.45) is 0 Å². The third-order valence-corrected chi connectivity index (χ3v) is 11.9. The van der Waals surface area contributed by atoms with Gasteiger partial charge in [0.2, 0.25) is 11.6 Å². The summed E-state index contributed by atoms with van der Waals surface area (Å²) in [6.45, 7) is 1.95. The molecule has 328 valence electrons. The number of fused-ring (bicyclic) bond motifs is 4. The Morgan fingerprint density at radius 1 is 0.597 bits per heavy atom. The SMILES string of the molecule is CN1CCC(NC(=O)c2ccc3nc(C(=O)c4ccnc(-c5cncc6ccccc56)c4)[nH]c3c2)CC1.O=C(O)c1ccc2nc(C(=O)c3ccnc(-c4cncc5ccccc45)c3)[nH]c2c1. The van der Waals surface area contributed by atoms with Gasteiger partial charge in [-0.2, -0.15) is 0 Å². The first-order chi connectivity index (χ1) is 32.6. The van der Waals surface area contributed by atoms with Gasteiger partial charge in [-0.3, -0.25) is 34.3 Å². The van der Waals surface area contributed by atoms with E-state index in [1.807, 2.05) is 54.7 Å². The molecule has 0 atom stereocenters. The number of carboxylic acid groups (broad SMARTS) is 1. The van der Waals surface area contributed by atoms with Gasteiger partial charge in [0, 0.05) is 81.8 Å². The first kappa shape index (κ1) is 42.1. The molecule has 6 aromatic heterocycles. The number of ketones is 2. The van der Waals surface area contributed by atoms with Crippen LogP contribution in [0.4, 0.5) is 0 Å². The van der Waals surface area contributed by atoms with E-state index in [1.165, 1.54) is 12.1 Å². The smallest absolute Gasteiger partial charge is 0.335 e. The number of nitrogens with zero attached hydrogens (tertiary/aromatic N) is 7. The second kappa shape index (κ2) is 18.0. The van der Waals surface area contributed by atoms with E-state index in [4.69, 9.17) is 5.11 Å². The predicted octanol–water partition coefficient (Wildman–Crippen LogP) is 8.33. The molecule has 1 amide bonds. The molecule has 0 bridgehead atoms. The number of H-pyrrole nitrogens is 2. The number of pyridine rings is 4. The Labute approximate surface area is 382 Å². The monoisotopic (exact) mass is 884 g/mol. The molecule has 11 rings (SSSR count). The number of carboxylic acids is 1. The van der Waals surface area contributed by atoms with Crippen LogP contribution in [-0.4, -0.2) is 99.5 Å². The summed E-state index contributed by atoms with van der Waals surface area (Å²) in [6.07, 6.45) is 12.2. The molecule has 1 aliphatic rings. The lowest BCUT2D eigenvalue weighted by atomic mass is 10.0. The van der Waals surface area contributed by atoms with Crippen molar-refractivity contribution >= 4 is 67.1 Å². The lowest BCUT2D eigenvalue weighted by molar-refractivity contribution is 0.0696. The van der Waals surface area contributed by atoms with E-state index in [0.717, 1.165) is 58.6 Å². The highest BCUT2D eigenvalue weighted by molar-refractivity contribution is 6.10. The van der Waals surface area contributed by atoms with Crippen molar-refractivity contribution in [3.8, 4) is 22.5 Å². The van der Waals surface area contributed by atoms with Crippen LogP contribution in [-0.2, 0) is 0 Å². The molecule has 0 unspecified atom stereocenters. The highest BCUT2D eigenvalue weighted by Crippen LogP contribution is 2.29. The van der Waals surface area contributed by atoms with E-state index < -0.39 is 5.97 Å². The molecule has 0 spiro atoms. The Morgan fingerprint density at radius 2 is 1.09 bits per heavy atom. The van der Waals surface area contributed by atoms with Gasteiger partial charge in [0.1, 0.15) is 0 Å². The largest absolute Gasteiger partial charge is 0.478 e. The van der Waals surface area contributed by atoms with E-state index in [2.05, 4.69) is 57.1 Å². The second-order valence-corrected chi connectivity index (χ2v) is 16.3. The molecule has 0 aliphatic carbocycles. The molecule has 0 radical (unpaired) electrons. The second-order valence-electron chi connectivity index (χ2n) is 16.3. The van der Waals surface area contributed by atoms with Crippen LogP contribution in [0.2, 0.25) is 0 Å². The van der Waals surface area contributed by atoms with E-state index >= 15 is 0 Å². The molecular weight excluding hydrogens is 845 g/mol. The number of aromatic carboxylic acids is 1. The molecule has 4 aromatic carbocycles. The number of likely N-dealkylation sites (tertiary alicyclic amines) is 1. The van der Waals surface area contributed by atoms with Crippen molar-refractivity contribution in [1.29, 1.82) is 0 Å². The number of nitrogens with one attached hydrogen (secondary N) is 3. The average molecular weight is 885 g/mol. The van der Waals surface area contributed by atoms with Crippen LogP contribution in [0.25, 0.3) is 66.1 Å². The molecule has 10 aromatic rings. The van der Waals surface area contributed by atoms with Gasteiger partial charge >= 0.3 is 5.97 Å². The summed E-state index contributed by atoms with van der Waals surface area (Å²) in [5, 5.41) is 16.3. The normalized spacial score (nSPS) is 13.1. The van der Waals surface area contributed by atoms with Gasteiger partial charge in [0.25, 0.3) is 5.91 Å². The maximum atomic E-state index is 13.4. The number of carbonyl (C=O) groups excluding carboxylic acids is 3. The minimum absolute atomic E-state index is 0.110. The average Bonchev–Trinajstić information content (AvgIpc) is 4.01. The molecule has 0 saturated carbocycles. The van der Waals surface area contributed by atoms with Crippen LogP contribution in [0.15, 0.2) is 146 Å². The number of piperidine rings is 1. The van der Waals surface area contributed by atoms with Crippen molar-refractivity contribution in [2.75, 3.05) is 20.1 Å². The molecule has 1 saturated heterocycles. The number of amides is 1. The summed E-state index contributed by atoms with van der Waals surface area (Å²) in [4.78, 5) is 85.0. The van der Waals surface area contributed by atoms with Gasteiger partial charge in [-0.05, 0) is 104 Å². The van der Waals surface area contributed by atoms with Gasteiger partial charge < -0.3 is 25.3 Å². The van der Waals surface area contributed by atoms with Crippen molar-refractivity contribution in [1.82, 2.24) is 50.1 Å². The quantitative estimate of drug-likeness (QED) is 0.101. The van der Waals surface area contributed by atoms with Gasteiger partial charge in [0.05, 0.1) is 39.0 Å². The third-order valence-electron chi connectivity index (χ3n) is 11.9. The number of rotatable bonds is 9. The molecule has 67 heavy (non-hydrogen) atoms. The van der Waals surface area contributed by atoms with Gasteiger partial charge in [0.15, 0.2) is 11.6 Å². The van der Waals surface area contributed by atoms with Gasteiger partial charge in [-0.1, -0.05) is 48.5 Å². The topological polar surface area (TPSA) is 213 Å². The van der Waals surface area contributed by atoms with Crippen LogP contribution in [0.3, 0.4) is 0 Å². The number of hydrogen-bond donors (Lipinski definition) is 4. The first-order valence-corrected chi connectivity index (χ1v) is 21.5. The molecule has 1 aliphatic heterocycles. The maximum absolute atomic E-state index is 13.4. The molecular formula is C52H40N10O5. The van der Waals surface area contributed by atoms with Crippen molar-refractivity contribution in [3.05, 3.63) is 180 Å². The zero-order valence-corrected chi connectivity index (χ0v) is 36.0. The Kier molecular flexibility index (Phi) is 11.3. The summed E-state index contributed by atoms with van der Waals surface area (Å²) in [7, 11) is 2.09. The summed E-state index contributed by atoms with van der Waals surface area (Å²) < 4.78 is 0. The zero-order valence-electron chi connectivity index (χ0n) is 36.0. The Balaban J connectivity index is 0.000000160. The maximum Gasteiger partial charge on any atom is 0.335 e. The molecule has 15 nitrogen and oxygen atoms in total. The Morgan fingerprint density at radius 3 is 1.61 bits per heavy atom. The molecule has 1 fully saturated rings. The van der Waals surface area contributed by atoms with E-state index in [9.17, 15) is 19.2 Å². The number of aromatic nitrogens is 8. The summed E-state index contributed by atoms with van der Waals surface area (Å²) >= 11 is 0.